The zero-order chi connectivity index (χ0) is 16.5. The molecule has 1 saturated heterocycles. The number of hydrogen-bond donors (Lipinski definition) is 2. The second-order valence-corrected chi connectivity index (χ2v) is 5.75. The molecule has 0 radical (unpaired) electrons. The Labute approximate surface area is 131 Å². The van der Waals surface area contributed by atoms with Crippen LogP contribution in [-0.4, -0.2) is 37.1 Å². The number of fused-ring (bicyclic) bond motifs is 1. The summed E-state index contributed by atoms with van der Waals surface area (Å²) in [7, 11) is 0. The van der Waals surface area contributed by atoms with Gasteiger partial charge >= 0.3 is 12.3 Å². The number of hydrogen-bond acceptors (Lipinski definition) is 5. The summed E-state index contributed by atoms with van der Waals surface area (Å²) in [4.78, 5) is 11.5. The van der Waals surface area contributed by atoms with E-state index in [0.29, 0.717) is 38.2 Å². The molecule has 0 amide bonds. The molecule has 1 fully saturated rings. The molecule has 0 bridgehead atoms. The molecule has 0 aromatic heterocycles. The molecule has 2 aliphatic heterocycles. The molecule has 0 spiro atoms. The van der Waals surface area contributed by atoms with Gasteiger partial charge in [-0.1, -0.05) is 6.07 Å². The summed E-state index contributed by atoms with van der Waals surface area (Å²) in [5.41, 5.74) is -0.139. The van der Waals surface area contributed by atoms with Gasteiger partial charge in [-0.05, 0) is 30.5 Å². The summed E-state index contributed by atoms with van der Waals surface area (Å²) in [5.74, 6) is -0.878. The molecule has 1 aromatic carbocycles. The van der Waals surface area contributed by atoms with Crippen LogP contribution in [0.3, 0.4) is 0 Å². The zero-order valence-corrected chi connectivity index (χ0v) is 12.3. The average molecular weight is 329 g/mol. The zero-order valence-electron chi connectivity index (χ0n) is 12.3. The molecule has 3 rings (SSSR count). The number of ether oxygens (including phenoxy) is 3. The molecule has 1 aromatic rings. The second kappa shape index (κ2) is 5.93. The Hall–Kier alpha value is -1.93. The maximum atomic E-state index is 13.0. The molecule has 2 N–H and O–H groups in total. The van der Waals surface area contributed by atoms with Crippen molar-refractivity contribution in [2.24, 2.45) is 5.41 Å². The van der Waals surface area contributed by atoms with Crippen LogP contribution >= 0.6 is 0 Å². The Bertz CT molecular complexity index is 602. The Morgan fingerprint density at radius 2 is 1.91 bits per heavy atom. The van der Waals surface area contributed by atoms with Gasteiger partial charge in [0.25, 0.3) is 0 Å². The normalized spacial score (nSPS) is 21.1. The molecule has 6 nitrogen and oxygen atoms in total. The van der Waals surface area contributed by atoms with Crippen molar-refractivity contribution < 1.29 is 32.9 Å². The van der Waals surface area contributed by atoms with Crippen molar-refractivity contribution in [3.05, 3.63) is 23.8 Å². The number of rotatable bonds is 5. The van der Waals surface area contributed by atoms with Gasteiger partial charge in [-0.25, -0.2) is 0 Å². The Morgan fingerprint density at radius 3 is 2.61 bits per heavy atom. The lowest BCUT2D eigenvalue weighted by Crippen LogP contribution is -2.44. The minimum atomic E-state index is -3.64. The fourth-order valence-corrected chi connectivity index (χ4v) is 2.78. The van der Waals surface area contributed by atoms with E-state index in [1.54, 1.807) is 6.07 Å². The van der Waals surface area contributed by atoms with Gasteiger partial charge in [0, 0.05) is 26.3 Å². The molecule has 2 heterocycles. The molecule has 8 heteroatoms. The number of carboxylic acid groups (broad SMARTS) is 1. The molecular weight excluding hydrogens is 312 g/mol. The average Bonchev–Trinajstić information content (AvgIpc) is 2.81. The Kier molecular flexibility index (Phi) is 4.11. The molecule has 0 unspecified atom stereocenters. The van der Waals surface area contributed by atoms with Crippen molar-refractivity contribution in [1.82, 2.24) is 5.32 Å². The molecule has 0 saturated carbocycles. The van der Waals surface area contributed by atoms with E-state index in [1.165, 1.54) is 12.1 Å². The van der Waals surface area contributed by atoms with Crippen LogP contribution in [0.15, 0.2) is 18.2 Å². The monoisotopic (exact) mass is 329 g/mol. The van der Waals surface area contributed by atoms with Gasteiger partial charge in [0.15, 0.2) is 11.5 Å². The summed E-state index contributed by atoms with van der Waals surface area (Å²) >= 11 is 0. The van der Waals surface area contributed by atoms with Crippen LogP contribution in [0.4, 0.5) is 8.78 Å². The Morgan fingerprint density at radius 1 is 1.22 bits per heavy atom. The van der Waals surface area contributed by atoms with Crippen LogP contribution in [0.2, 0.25) is 0 Å². The first-order valence-electron chi connectivity index (χ1n) is 7.31. The third kappa shape index (κ3) is 3.37. The summed E-state index contributed by atoms with van der Waals surface area (Å²) in [6.07, 6.45) is -2.74. The van der Waals surface area contributed by atoms with E-state index in [0.717, 1.165) is 0 Å². The third-order valence-electron chi connectivity index (χ3n) is 4.16. The predicted octanol–water partition coefficient (Wildman–Crippen LogP) is 1.98. The first kappa shape index (κ1) is 15.9. The summed E-state index contributed by atoms with van der Waals surface area (Å²) in [6, 6.07) is 4.50. The van der Waals surface area contributed by atoms with Gasteiger partial charge in [-0.2, -0.15) is 0 Å². The van der Waals surface area contributed by atoms with E-state index >= 15 is 0 Å². The van der Waals surface area contributed by atoms with E-state index in [2.05, 4.69) is 14.8 Å². The minimum Gasteiger partial charge on any atom is -0.481 e. The van der Waals surface area contributed by atoms with Crippen molar-refractivity contribution in [3.63, 3.8) is 0 Å². The highest BCUT2D eigenvalue weighted by molar-refractivity contribution is 5.75. The first-order valence-corrected chi connectivity index (χ1v) is 7.31. The number of aliphatic carboxylic acids is 1. The van der Waals surface area contributed by atoms with E-state index in [1.807, 2.05) is 0 Å². The maximum absolute atomic E-state index is 13.0. The highest BCUT2D eigenvalue weighted by atomic mass is 19.3. The lowest BCUT2D eigenvalue weighted by molar-refractivity contribution is -0.286. The van der Waals surface area contributed by atoms with Crippen molar-refractivity contribution >= 4 is 5.97 Å². The van der Waals surface area contributed by atoms with Gasteiger partial charge in [-0.15, -0.1) is 8.78 Å². The molecule has 23 heavy (non-hydrogen) atoms. The fourth-order valence-electron chi connectivity index (χ4n) is 2.78. The number of carboxylic acids is 1. The quantitative estimate of drug-likeness (QED) is 0.860. The second-order valence-electron chi connectivity index (χ2n) is 5.75. The minimum absolute atomic E-state index is 0.00909. The van der Waals surface area contributed by atoms with E-state index in [9.17, 15) is 18.7 Å². The molecular formula is C15H17F2NO5. The maximum Gasteiger partial charge on any atom is 0.586 e. The SMILES string of the molecule is O=C(O)C1(CNCc2ccc3c(c2)OC(F)(F)O3)CCOCC1. The number of benzene rings is 1. The topological polar surface area (TPSA) is 77.0 Å². The lowest BCUT2D eigenvalue weighted by atomic mass is 9.80. The van der Waals surface area contributed by atoms with Crippen LogP contribution in [-0.2, 0) is 16.1 Å². The fraction of sp³-hybridized carbons (Fsp3) is 0.533. The molecule has 0 aliphatic carbocycles. The Balaban J connectivity index is 1.60. The molecule has 126 valence electrons. The van der Waals surface area contributed by atoms with Crippen molar-refractivity contribution in [2.75, 3.05) is 19.8 Å². The van der Waals surface area contributed by atoms with Crippen molar-refractivity contribution in [3.8, 4) is 11.5 Å². The van der Waals surface area contributed by atoms with Crippen LogP contribution in [0.25, 0.3) is 0 Å². The van der Waals surface area contributed by atoms with Gasteiger partial charge in [0.1, 0.15) is 0 Å². The van der Waals surface area contributed by atoms with Crippen LogP contribution in [0, 0.1) is 5.41 Å². The number of nitrogens with one attached hydrogen (secondary N) is 1. The highest BCUT2D eigenvalue weighted by Gasteiger charge is 2.43. The van der Waals surface area contributed by atoms with E-state index in [-0.39, 0.29) is 18.0 Å². The van der Waals surface area contributed by atoms with Gasteiger partial charge in [0.2, 0.25) is 0 Å². The van der Waals surface area contributed by atoms with Crippen LogP contribution < -0.4 is 14.8 Å². The smallest absolute Gasteiger partial charge is 0.481 e. The number of halogens is 2. The van der Waals surface area contributed by atoms with Gasteiger partial charge in [0.05, 0.1) is 5.41 Å². The summed E-state index contributed by atoms with van der Waals surface area (Å²) in [5, 5.41) is 12.5. The molecule has 2 aliphatic rings. The van der Waals surface area contributed by atoms with E-state index < -0.39 is 17.7 Å². The third-order valence-corrected chi connectivity index (χ3v) is 4.16. The predicted molar refractivity (Wildman–Crippen MR) is 74.5 cm³/mol. The van der Waals surface area contributed by atoms with Crippen LogP contribution in [0.1, 0.15) is 18.4 Å². The summed E-state index contributed by atoms with van der Waals surface area (Å²) < 4.78 is 39.9. The lowest BCUT2D eigenvalue weighted by Gasteiger charge is -2.33. The summed E-state index contributed by atoms with van der Waals surface area (Å²) in [6.45, 7) is 1.48. The number of carbonyl (C=O) groups is 1. The number of alkyl halides is 2. The van der Waals surface area contributed by atoms with Crippen molar-refractivity contribution in [1.29, 1.82) is 0 Å². The molecule has 0 atom stereocenters. The van der Waals surface area contributed by atoms with E-state index in [4.69, 9.17) is 4.74 Å². The highest BCUT2D eigenvalue weighted by Crippen LogP contribution is 2.41. The van der Waals surface area contributed by atoms with Gasteiger partial charge in [-0.3, -0.25) is 4.79 Å². The first-order chi connectivity index (χ1) is 10.9. The van der Waals surface area contributed by atoms with Crippen LogP contribution in [0.5, 0.6) is 11.5 Å². The standard InChI is InChI=1S/C15H17F2NO5/c16-15(17)22-11-2-1-10(7-12(11)23-15)8-18-9-14(13(19)20)3-5-21-6-4-14/h1-2,7,18H,3-6,8-9H2,(H,19,20). The van der Waals surface area contributed by atoms with Crippen molar-refractivity contribution in [2.45, 2.75) is 25.7 Å². The van der Waals surface area contributed by atoms with Gasteiger partial charge < -0.3 is 24.6 Å². The largest absolute Gasteiger partial charge is 0.586 e.